The minimum absolute atomic E-state index is 0.0593. The molecule has 0 aliphatic heterocycles. The number of rotatable bonds is 6. The standard InChI is InChI=1S/C11H19N5O2S/c1-8(6-17)12-10(18)7-19-11-13-14-15-16(11)9-4-2-3-5-9/h8-9,17H,2-7H2,1H3,(H,12,18). The van der Waals surface area contributed by atoms with Crippen LogP contribution >= 0.6 is 11.8 Å². The topological polar surface area (TPSA) is 92.9 Å². The molecule has 1 aromatic heterocycles. The molecule has 2 rings (SSSR count). The molecule has 0 bridgehead atoms. The maximum atomic E-state index is 11.6. The first-order valence-electron chi connectivity index (χ1n) is 6.51. The Hall–Kier alpha value is -1.15. The van der Waals surface area contributed by atoms with Crippen molar-refractivity contribution >= 4 is 17.7 Å². The number of carbonyl (C=O) groups excluding carboxylic acids is 1. The van der Waals surface area contributed by atoms with Crippen molar-refractivity contribution in [2.75, 3.05) is 12.4 Å². The number of carbonyl (C=O) groups is 1. The van der Waals surface area contributed by atoms with Gasteiger partial charge in [-0.2, -0.15) is 0 Å². The van der Waals surface area contributed by atoms with Crippen LogP contribution in [0.4, 0.5) is 0 Å². The Kier molecular flexibility index (Phi) is 5.15. The number of nitrogens with zero attached hydrogens (tertiary/aromatic N) is 4. The van der Waals surface area contributed by atoms with Gasteiger partial charge in [-0.3, -0.25) is 4.79 Å². The Morgan fingerprint density at radius 3 is 3.00 bits per heavy atom. The van der Waals surface area contributed by atoms with E-state index >= 15 is 0 Å². The molecular weight excluding hydrogens is 266 g/mol. The molecule has 106 valence electrons. The van der Waals surface area contributed by atoms with Crippen LogP contribution in [0.1, 0.15) is 38.6 Å². The minimum atomic E-state index is -0.223. The Bertz CT molecular complexity index is 419. The lowest BCUT2D eigenvalue weighted by Gasteiger charge is -2.12. The van der Waals surface area contributed by atoms with Gasteiger partial charge in [0.15, 0.2) is 0 Å². The van der Waals surface area contributed by atoms with Crippen LogP contribution in [0.2, 0.25) is 0 Å². The van der Waals surface area contributed by atoms with E-state index in [1.807, 2.05) is 4.68 Å². The number of nitrogens with one attached hydrogen (secondary N) is 1. The molecule has 1 unspecified atom stereocenters. The summed E-state index contributed by atoms with van der Waals surface area (Å²) < 4.78 is 1.83. The molecule has 0 spiro atoms. The summed E-state index contributed by atoms with van der Waals surface area (Å²) in [4.78, 5) is 11.6. The van der Waals surface area contributed by atoms with Crippen molar-refractivity contribution in [2.45, 2.75) is 49.8 Å². The maximum Gasteiger partial charge on any atom is 0.230 e. The van der Waals surface area contributed by atoms with E-state index in [9.17, 15) is 4.79 Å². The van der Waals surface area contributed by atoms with Crippen LogP contribution in [0.15, 0.2) is 5.16 Å². The van der Waals surface area contributed by atoms with E-state index in [4.69, 9.17) is 5.11 Å². The largest absolute Gasteiger partial charge is 0.394 e. The second-order valence-corrected chi connectivity index (χ2v) is 5.73. The molecule has 1 amide bonds. The molecule has 0 saturated heterocycles. The number of aliphatic hydroxyl groups is 1. The van der Waals surface area contributed by atoms with Gasteiger partial charge in [-0.05, 0) is 30.2 Å². The van der Waals surface area contributed by atoms with Gasteiger partial charge >= 0.3 is 0 Å². The van der Waals surface area contributed by atoms with Crippen LogP contribution in [-0.2, 0) is 4.79 Å². The van der Waals surface area contributed by atoms with Crippen LogP contribution < -0.4 is 5.32 Å². The summed E-state index contributed by atoms with van der Waals surface area (Å²) in [6.07, 6.45) is 4.63. The Morgan fingerprint density at radius 2 is 2.32 bits per heavy atom. The zero-order chi connectivity index (χ0) is 13.7. The van der Waals surface area contributed by atoms with E-state index in [0.717, 1.165) is 12.8 Å². The molecule has 1 aliphatic rings. The number of aliphatic hydroxyl groups excluding tert-OH is 1. The van der Waals surface area contributed by atoms with E-state index < -0.39 is 0 Å². The summed E-state index contributed by atoms with van der Waals surface area (Å²) in [6, 6.07) is 0.149. The summed E-state index contributed by atoms with van der Waals surface area (Å²) in [5, 5.41) is 23.9. The number of tetrazole rings is 1. The normalized spacial score (nSPS) is 17.6. The van der Waals surface area contributed by atoms with Gasteiger partial charge in [0, 0.05) is 6.04 Å². The molecule has 1 aromatic rings. The molecule has 19 heavy (non-hydrogen) atoms. The third kappa shape index (κ3) is 3.90. The van der Waals surface area contributed by atoms with Crippen LogP contribution in [0.3, 0.4) is 0 Å². The third-order valence-electron chi connectivity index (χ3n) is 3.15. The highest BCUT2D eigenvalue weighted by atomic mass is 32.2. The Morgan fingerprint density at radius 1 is 1.58 bits per heavy atom. The highest BCUT2D eigenvalue weighted by Gasteiger charge is 2.22. The van der Waals surface area contributed by atoms with Crippen molar-refractivity contribution in [1.82, 2.24) is 25.5 Å². The SMILES string of the molecule is CC(CO)NC(=O)CSc1nnnn1C1CCCC1. The van der Waals surface area contributed by atoms with Crippen LogP contribution in [0.25, 0.3) is 0 Å². The molecule has 1 atom stereocenters. The Labute approximate surface area is 116 Å². The fourth-order valence-corrected chi connectivity index (χ4v) is 2.91. The van der Waals surface area contributed by atoms with Crippen molar-refractivity contribution < 1.29 is 9.90 Å². The fourth-order valence-electron chi connectivity index (χ4n) is 2.15. The Balaban J connectivity index is 1.86. The third-order valence-corrected chi connectivity index (χ3v) is 4.08. The van der Waals surface area contributed by atoms with Gasteiger partial charge in [0.25, 0.3) is 0 Å². The number of hydrogen-bond donors (Lipinski definition) is 2. The first-order valence-corrected chi connectivity index (χ1v) is 7.50. The van der Waals surface area contributed by atoms with E-state index in [0.29, 0.717) is 11.2 Å². The molecule has 2 N–H and O–H groups in total. The van der Waals surface area contributed by atoms with E-state index in [1.165, 1.54) is 24.6 Å². The highest BCUT2D eigenvalue weighted by Crippen LogP contribution is 2.31. The van der Waals surface area contributed by atoms with Gasteiger partial charge in [0.05, 0.1) is 18.4 Å². The molecule has 0 radical (unpaired) electrons. The van der Waals surface area contributed by atoms with Crippen LogP contribution in [0.5, 0.6) is 0 Å². The minimum Gasteiger partial charge on any atom is -0.394 e. The van der Waals surface area contributed by atoms with Crippen LogP contribution in [-0.4, -0.2) is 49.6 Å². The summed E-state index contributed by atoms with van der Waals surface area (Å²) in [6.45, 7) is 1.70. The van der Waals surface area contributed by atoms with Gasteiger partial charge in [-0.1, -0.05) is 24.6 Å². The summed E-state index contributed by atoms with van der Waals surface area (Å²) >= 11 is 1.33. The molecule has 7 nitrogen and oxygen atoms in total. The summed E-state index contributed by atoms with van der Waals surface area (Å²) in [5.74, 6) is 0.143. The lowest BCUT2D eigenvalue weighted by molar-refractivity contribution is -0.119. The van der Waals surface area contributed by atoms with Crippen molar-refractivity contribution in [2.24, 2.45) is 0 Å². The number of hydrogen-bond acceptors (Lipinski definition) is 6. The van der Waals surface area contributed by atoms with Crippen molar-refractivity contribution in [3.63, 3.8) is 0 Å². The number of amides is 1. The first-order chi connectivity index (χ1) is 9.20. The van der Waals surface area contributed by atoms with Gasteiger partial charge < -0.3 is 10.4 Å². The maximum absolute atomic E-state index is 11.6. The second kappa shape index (κ2) is 6.85. The molecule has 8 heteroatoms. The first kappa shape index (κ1) is 14.3. The molecular formula is C11H19N5O2S. The number of aromatic nitrogens is 4. The van der Waals surface area contributed by atoms with E-state index in [-0.39, 0.29) is 24.3 Å². The van der Waals surface area contributed by atoms with Gasteiger partial charge in [-0.15, -0.1) is 5.10 Å². The highest BCUT2D eigenvalue weighted by molar-refractivity contribution is 7.99. The second-order valence-electron chi connectivity index (χ2n) is 4.78. The van der Waals surface area contributed by atoms with E-state index in [1.54, 1.807) is 6.92 Å². The zero-order valence-corrected chi connectivity index (χ0v) is 11.8. The van der Waals surface area contributed by atoms with Crippen molar-refractivity contribution in [3.05, 3.63) is 0 Å². The monoisotopic (exact) mass is 285 g/mol. The number of thioether (sulfide) groups is 1. The smallest absolute Gasteiger partial charge is 0.230 e. The van der Waals surface area contributed by atoms with Crippen molar-refractivity contribution in [3.8, 4) is 0 Å². The summed E-state index contributed by atoms with van der Waals surface area (Å²) in [7, 11) is 0. The molecule has 1 fully saturated rings. The fraction of sp³-hybridized carbons (Fsp3) is 0.818. The quantitative estimate of drug-likeness (QED) is 0.734. The average Bonchev–Trinajstić information content (AvgIpc) is 3.06. The van der Waals surface area contributed by atoms with Gasteiger partial charge in [0.1, 0.15) is 0 Å². The van der Waals surface area contributed by atoms with Gasteiger partial charge in [-0.25, -0.2) is 4.68 Å². The molecule has 0 aromatic carbocycles. The average molecular weight is 285 g/mol. The molecule has 1 saturated carbocycles. The zero-order valence-electron chi connectivity index (χ0n) is 10.9. The predicted octanol–water partition coefficient (Wildman–Crippen LogP) is 0.377. The lowest BCUT2D eigenvalue weighted by Crippen LogP contribution is -2.36. The van der Waals surface area contributed by atoms with E-state index in [2.05, 4.69) is 20.8 Å². The lowest BCUT2D eigenvalue weighted by atomic mass is 10.3. The van der Waals surface area contributed by atoms with Crippen molar-refractivity contribution in [1.29, 1.82) is 0 Å². The predicted molar refractivity (Wildman–Crippen MR) is 70.7 cm³/mol. The molecule has 1 aliphatic carbocycles. The van der Waals surface area contributed by atoms with Crippen LogP contribution in [0, 0.1) is 0 Å². The molecule has 1 heterocycles. The summed E-state index contributed by atoms with van der Waals surface area (Å²) in [5.41, 5.74) is 0. The van der Waals surface area contributed by atoms with Gasteiger partial charge in [0.2, 0.25) is 11.1 Å².